The monoisotopic (exact) mass is 348 g/mol. The molecule has 0 fully saturated rings. The third-order valence-corrected chi connectivity index (χ3v) is 4.20. The van der Waals surface area contributed by atoms with Gasteiger partial charge in [-0.3, -0.25) is 4.79 Å². The Labute approximate surface area is 146 Å². The maximum absolute atomic E-state index is 12.0. The van der Waals surface area contributed by atoms with E-state index in [1.54, 1.807) is 30.0 Å². The van der Waals surface area contributed by atoms with Gasteiger partial charge in [0.05, 0.1) is 5.56 Å². The number of carbonyl (C=O) groups is 1. The Morgan fingerprint density at radius 1 is 1.33 bits per heavy atom. The van der Waals surface area contributed by atoms with Crippen LogP contribution in [0.25, 0.3) is 0 Å². The molecule has 6 nitrogen and oxygen atoms in total. The summed E-state index contributed by atoms with van der Waals surface area (Å²) in [5.74, 6) is 1.20. The predicted molar refractivity (Wildman–Crippen MR) is 95.4 cm³/mol. The van der Waals surface area contributed by atoms with Crippen molar-refractivity contribution < 1.29 is 9.90 Å². The van der Waals surface area contributed by atoms with Crippen LogP contribution in [-0.4, -0.2) is 38.6 Å². The molecule has 130 valence electrons. The molecule has 0 unspecified atom stereocenters. The topological polar surface area (TPSA) is 80.0 Å². The summed E-state index contributed by atoms with van der Waals surface area (Å²) in [7, 11) is 0. The number of aromatic hydroxyl groups is 1. The normalized spacial score (nSPS) is 11.0. The SMILES string of the molecule is CSc1nnc(CCCNC(=O)c2ccccc2O)n1CC(C)C. The van der Waals surface area contributed by atoms with E-state index >= 15 is 0 Å². The van der Waals surface area contributed by atoms with E-state index in [1.807, 2.05) is 6.26 Å². The lowest BCUT2D eigenvalue weighted by Crippen LogP contribution is -2.25. The van der Waals surface area contributed by atoms with Crippen molar-refractivity contribution in [1.82, 2.24) is 20.1 Å². The summed E-state index contributed by atoms with van der Waals surface area (Å²) in [5.41, 5.74) is 0.296. The second-order valence-corrected chi connectivity index (χ2v) is 6.76. The summed E-state index contributed by atoms with van der Waals surface area (Å²) >= 11 is 1.59. The largest absolute Gasteiger partial charge is 0.507 e. The van der Waals surface area contributed by atoms with Crippen molar-refractivity contribution in [1.29, 1.82) is 0 Å². The van der Waals surface area contributed by atoms with Gasteiger partial charge in [0, 0.05) is 19.5 Å². The molecule has 7 heteroatoms. The summed E-state index contributed by atoms with van der Waals surface area (Å²) in [6.45, 7) is 5.75. The molecule has 0 atom stereocenters. The number of thioether (sulfide) groups is 1. The molecule has 0 saturated carbocycles. The number of amides is 1. The van der Waals surface area contributed by atoms with Gasteiger partial charge in [0.2, 0.25) is 0 Å². The number of hydrogen-bond acceptors (Lipinski definition) is 5. The molecule has 1 heterocycles. The summed E-state index contributed by atoms with van der Waals surface area (Å²) in [4.78, 5) is 12.0. The number of phenolic OH excluding ortho intramolecular Hbond substituents is 1. The molecule has 1 amide bonds. The Hall–Kier alpha value is -2.02. The second kappa shape index (κ2) is 8.73. The number of phenols is 1. The van der Waals surface area contributed by atoms with E-state index in [0.29, 0.717) is 18.0 Å². The summed E-state index contributed by atoms with van der Waals surface area (Å²) in [6, 6.07) is 6.53. The zero-order valence-corrected chi connectivity index (χ0v) is 15.1. The maximum atomic E-state index is 12.0. The van der Waals surface area contributed by atoms with E-state index < -0.39 is 0 Å². The smallest absolute Gasteiger partial charge is 0.255 e. The summed E-state index contributed by atoms with van der Waals surface area (Å²) < 4.78 is 2.15. The number of aryl methyl sites for hydroxylation is 1. The van der Waals surface area contributed by atoms with Gasteiger partial charge < -0.3 is 15.0 Å². The lowest BCUT2D eigenvalue weighted by atomic mass is 10.2. The van der Waals surface area contributed by atoms with E-state index in [-0.39, 0.29) is 11.7 Å². The van der Waals surface area contributed by atoms with Gasteiger partial charge in [0.1, 0.15) is 11.6 Å². The van der Waals surface area contributed by atoms with Crippen LogP contribution in [0, 0.1) is 5.92 Å². The molecule has 1 aromatic heterocycles. The molecule has 0 bridgehead atoms. The Balaban J connectivity index is 1.87. The molecule has 0 spiro atoms. The van der Waals surface area contributed by atoms with Crippen molar-refractivity contribution in [3.63, 3.8) is 0 Å². The van der Waals surface area contributed by atoms with Crippen LogP contribution in [0.1, 0.15) is 36.5 Å². The average Bonchev–Trinajstić information content (AvgIpc) is 2.93. The third-order valence-electron chi connectivity index (χ3n) is 3.54. The molecule has 24 heavy (non-hydrogen) atoms. The molecule has 0 saturated heterocycles. The highest BCUT2D eigenvalue weighted by Gasteiger charge is 2.13. The molecule has 0 aliphatic carbocycles. The number of nitrogens with one attached hydrogen (secondary N) is 1. The van der Waals surface area contributed by atoms with E-state index in [1.165, 1.54) is 6.07 Å². The Morgan fingerprint density at radius 2 is 2.08 bits per heavy atom. The highest BCUT2D eigenvalue weighted by molar-refractivity contribution is 7.98. The quantitative estimate of drug-likeness (QED) is 0.566. The van der Waals surface area contributed by atoms with Crippen LogP contribution >= 0.6 is 11.8 Å². The van der Waals surface area contributed by atoms with Crippen LogP contribution in [0.3, 0.4) is 0 Å². The van der Waals surface area contributed by atoms with Gasteiger partial charge in [-0.25, -0.2) is 0 Å². The van der Waals surface area contributed by atoms with Gasteiger partial charge in [0.15, 0.2) is 5.16 Å². The minimum Gasteiger partial charge on any atom is -0.507 e. The first-order valence-corrected chi connectivity index (χ1v) is 9.27. The van der Waals surface area contributed by atoms with Gasteiger partial charge >= 0.3 is 0 Å². The van der Waals surface area contributed by atoms with Crippen LogP contribution in [-0.2, 0) is 13.0 Å². The summed E-state index contributed by atoms with van der Waals surface area (Å²) in [6.07, 6.45) is 3.52. The molecule has 0 aliphatic heterocycles. The van der Waals surface area contributed by atoms with Gasteiger partial charge in [-0.15, -0.1) is 10.2 Å². The third kappa shape index (κ3) is 4.74. The molecule has 2 N–H and O–H groups in total. The van der Waals surface area contributed by atoms with Crippen molar-refractivity contribution in [3.8, 4) is 5.75 Å². The highest BCUT2D eigenvalue weighted by atomic mass is 32.2. The Kier molecular flexibility index (Phi) is 6.66. The van der Waals surface area contributed by atoms with Gasteiger partial charge in [0.25, 0.3) is 5.91 Å². The van der Waals surface area contributed by atoms with Crippen LogP contribution in [0.5, 0.6) is 5.75 Å². The van der Waals surface area contributed by atoms with Gasteiger partial charge in [-0.1, -0.05) is 37.7 Å². The fraction of sp³-hybridized carbons (Fsp3) is 0.471. The molecule has 2 rings (SSSR count). The Bertz CT molecular complexity index is 685. The first kappa shape index (κ1) is 18.3. The van der Waals surface area contributed by atoms with E-state index in [2.05, 4.69) is 33.9 Å². The minimum atomic E-state index is -0.262. The number of rotatable bonds is 8. The van der Waals surface area contributed by atoms with Crippen molar-refractivity contribution in [2.75, 3.05) is 12.8 Å². The van der Waals surface area contributed by atoms with Crippen LogP contribution in [0.2, 0.25) is 0 Å². The number of hydrogen-bond donors (Lipinski definition) is 2. The zero-order chi connectivity index (χ0) is 17.5. The zero-order valence-electron chi connectivity index (χ0n) is 14.3. The molecule has 1 aromatic carbocycles. The molecule has 0 radical (unpaired) electrons. The number of aromatic nitrogens is 3. The van der Waals surface area contributed by atoms with Crippen molar-refractivity contribution in [3.05, 3.63) is 35.7 Å². The number of nitrogens with zero attached hydrogens (tertiary/aromatic N) is 3. The number of para-hydroxylation sites is 1. The molecular weight excluding hydrogens is 324 g/mol. The van der Waals surface area contributed by atoms with Crippen LogP contribution in [0.4, 0.5) is 0 Å². The number of benzene rings is 1. The van der Waals surface area contributed by atoms with Crippen LogP contribution < -0.4 is 5.32 Å². The van der Waals surface area contributed by atoms with Crippen molar-refractivity contribution in [2.45, 2.75) is 38.4 Å². The second-order valence-electron chi connectivity index (χ2n) is 5.98. The van der Waals surface area contributed by atoms with Crippen LogP contribution in [0.15, 0.2) is 29.4 Å². The van der Waals surface area contributed by atoms with Gasteiger partial charge in [-0.2, -0.15) is 0 Å². The van der Waals surface area contributed by atoms with Crippen molar-refractivity contribution in [2.24, 2.45) is 5.92 Å². The molecule has 0 aliphatic rings. The predicted octanol–water partition coefficient (Wildman–Crippen LogP) is 2.72. The first-order chi connectivity index (χ1) is 11.5. The van der Waals surface area contributed by atoms with Crippen molar-refractivity contribution >= 4 is 17.7 Å². The Morgan fingerprint density at radius 3 is 2.75 bits per heavy atom. The minimum absolute atomic E-state index is 0.00344. The lowest BCUT2D eigenvalue weighted by molar-refractivity contribution is 0.0950. The molecule has 2 aromatic rings. The van der Waals surface area contributed by atoms with E-state index in [4.69, 9.17) is 0 Å². The van der Waals surface area contributed by atoms with E-state index in [0.717, 1.165) is 30.4 Å². The lowest BCUT2D eigenvalue weighted by Gasteiger charge is -2.12. The fourth-order valence-corrected chi connectivity index (χ4v) is 2.94. The standard InChI is InChI=1S/C17H24N4O2S/c1-12(2)11-21-15(19-20-17(21)24-3)9-6-10-18-16(23)13-7-4-5-8-14(13)22/h4-5,7-8,12,22H,6,9-11H2,1-3H3,(H,18,23). The maximum Gasteiger partial charge on any atom is 0.255 e. The molecular formula is C17H24N4O2S. The summed E-state index contributed by atoms with van der Waals surface area (Å²) in [5, 5.41) is 21.9. The highest BCUT2D eigenvalue weighted by Crippen LogP contribution is 2.17. The fourth-order valence-electron chi connectivity index (χ4n) is 2.41. The van der Waals surface area contributed by atoms with Gasteiger partial charge in [-0.05, 0) is 30.7 Å². The average molecular weight is 348 g/mol. The number of carbonyl (C=O) groups excluding carboxylic acids is 1. The first-order valence-electron chi connectivity index (χ1n) is 8.05. The van der Waals surface area contributed by atoms with E-state index in [9.17, 15) is 9.90 Å².